The lowest BCUT2D eigenvalue weighted by atomic mass is 9.88. The van der Waals surface area contributed by atoms with Crippen LogP contribution in [0.2, 0.25) is 0 Å². The first-order valence-electron chi connectivity index (χ1n) is 20.3. The van der Waals surface area contributed by atoms with Gasteiger partial charge in [0, 0.05) is 27.6 Å². The highest BCUT2D eigenvalue weighted by atomic mass is 15.0. The van der Waals surface area contributed by atoms with Crippen molar-refractivity contribution in [1.82, 2.24) is 9.55 Å². The summed E-state index contributed by atoms with van der Waals surface area (Å²) in [6, 6.07) is 79.4. The molecule has 2 heteroatoms. The van der Waals surface area contributed by atoms with Crippen molar-refractivity contribution in [3.05, 3.63) is 218 Å². The predicted molar refractivity (Wildman–Crippen MR) is 250 cm³/mol. The SMILES string of the molecule is c1ccc(-c2cc(-c3ccccc3)nc(-c3cccc4c5ccccc5c5ccc(-c6ccc7c8ccccc8n(-c8ccc9ccccc9c8)c7c6)cc5c34)c2)cc1. The number of benzene rings is 10. The minimum Gasteiger partial charge on any atom is -0.309 e. The Labute approximate surface area is 341 Å². The van der Waals surface area contributed by atoms with Crippen LogP contribution in [0.15, 0.2) is 218 Å². The van der Waals surface area contributed by atoms with E-state index in [2.05, 4.69) is 223 Å². The summed E-state index contributed by atoms with van der Waals surface area (Å²) in [5.41, 5.74) is 12.4. The third-order valence-corrected chi connectivity index (χ3v) is 12.1. The van der Waals surface area contributed by atoms with E-state index in [1.54, 1.807) is 0 Å². The molecule has 2 aromatic heterocycles. The highest BCUT2D eigenvalue weighted by molar-refractivity contribution is 6.29. The molecule has 12 rings (SSSR count). The number of rotatable bonds is 5. The van der Waals surface area contributed by atoms with Crippen LogP contribution in [0.5, 0.6) is 0 Å². The Bertz CT molecular complexity index is 3540. The molecule has 0 unspecified atom stereocenters. The lowest BCUT2D eigenvalue weighted by Gasteiger charge is -2.17. The van der Waals surface area contributed by atoms with Gasteiger partial charge in [-0.3, -0.25) is 0 Å². The van der Waals surface area contributed by atoms with E-state index in [-0.39, 0.29) is 0 Å². The van der Waals surface area contributed by atoms with Crippen molar-refractivity contribution < 1.29 is 0 Å². The standard InChI is InChI=1S/C57H36N2/c1-3-14-37(15-4-1)43-34-53(39-17-5-2-6-18-39)58-54(35-43)51-24-13-23-50-46-21-10-9-20-45(46)47-30-27-41(33-52(47)57(50)51)42-28-31-49-48-22-11-12-25-55(48)59(56(49)36-42)44-29-26-38-16-7-8-19-40(38)32-44/h1-36H. The fraction of sp³-hybridized carbons (Fsp3) is 0. The van der Waals surface area contributed by atoms with Gasteiger partial charge in [0.15, 0.2) is 0 Å². The van der Waals surface area contributed by atoms with Gasteiger partial charge in [0.2, 0.25) is 0 Å². The average Bonchev–Trinajstić information content (AvgIpc) is 3.65. The van der Waals surface area contributed by atoms with Crippen molar-refractivity contribution >= 4 is 64.9 Å². The van der Waals surface area contributed by atoms with Gasteiger partial charge in [-0.1, -0.05) is 176 Å². The molecular weight excluding hydrogens is 713 g/mol. The van der Waals surface area contributed by atoms with E-state index in [4.69, 9.17) is 4.98 Å². The molecule has 274 valence electrons. The van der Waals surface area contributed by atoms with Crippen LogP contribution in [0.3, 0.4) is 0 Å². The fourth-order valence-electron chi connectivity index (χ4n) is 9.37. The van der Waals surface area contributed by atoms with Gasteiger partial charge in [0.25, 0.3) is 0 Å². The molecular formula is C57H36N2. The largest absolute Gasteiger partial charge is 0.309 e. The van der Waals surface area contributed by atoms with E-state index in [0.29, 0.717) is 0 Å². The Balaban J connectivity index is 1.11. The molecule has 0 aliphatic carbocycles. The topological polar surface area (TPSA) is 17.8 Å². The van der Waals surface area contributed by atoms with E-state index >= 15 is 0 Å². The number of fused-ring (bicyclic) bond motifs is 10. The molecule has 2 nitrogen and oxygen atoms in total. The first kappa shape index (κ1) is 33.3. The third kappa shape index (κ3) is 5.45. The molecule has 0 bridgehead atoms. The Kier molecular flexibility index (Phi) is 7.57. The van der Waals surface area contributed by atoms with Gasteiger partial charge in [-0.2, -0.15) is 0 Å². The summed E-state index contributed by atoms with van der Waals surface area (Å²) in [5, 5.41) is 12.4. The summed E-state index contributed by atoms with van der Waals surface area (Å²) in [5.74, 6) is 0. The maximum Gasteiger partial charge on any atom is 0.0722 e. The normalized spacial score (nSPS) is 11.7. The van der Waals surface area contributed by atoms with Gasteiger partial charge in [0.1, 0.15) is 0 Å². The maximum absolute atomic E-state index is 5.43. The third-order valence-electron chi connectivity index (χ3n) is 12.1. The highest BCUT2D eigenvalue weighted by Gasteiger charge is 2.18. The molecule has 0 fully saturated rings. The van der Waals surface area contributed by atoms with Crippen LogP contribution in [0.4, 0.5) is 0 Å². The van der Waals surface area contributed by atoms with Crippen LogP contribution in [-0.2, 0) is 0 Å². The molecule has 0 saturated carbocycles. The smallest absolute Gasteiger partial charge is 0.0722 e. The van der Waals surface area contributed by atoms with Crippen LogP contribution in [0.1, 0.15) is 0 Å². The molecule has 2 heterocycles. The zero-order valence-corrected chi connectivity index (χ0v) is 32.2. The maximum atomic E-state index is 5.43. The molecule has 0 aliphatic heterocycles. The van der Waals surface area contributed by atoms with Gasteiger partial charge in [0.05, 0.1) is 22.4 Å². The van der Waals surface area contributed by atoms with Gasteiger partial charge >= 0.3 is 0 Å². The monoisotopic (exact) mass is 748 g/mol. The number of pyridine rings is 1. The molecule has 0 amide bonds. The van der Waals surface area contributed by atoms with Crippen molar-refractivity contribution in [1.29, 1.82) is 0 Å². The van der Waals surface area contributed by atoms with Crippen molar-refractivity contribution in [2.45, 2.75) is 0 Å². The quantitative estimate of drug-likeness (QED) is 0.160. The minimum absolute atomic E-state index is 0.958. The molecule has 0 radical (unpaired) electrons. The van der Waals surface area contributed by atoms with E-state index < -0.39 is 0 Å². The van der Waals surface area contributed by atoms with Gasteiger partial charge in [-0.05, 0) is 108 Å². The zero-order valence-electron chi connectivity index (χ0n) is 32.2. The van der Waals surface area contributed by atoms with E-state index in [0.717, 1.165) is 33.8 Å². The van der Waals surface area contributed by atoms with E-state index in [1.807, 2.05) is 0 Å². The molecule has 10 aromatic carbocycles. The fourth-order valence-corrected chi connectivity index (χ4v) is 9.37. The highest BCUT2D eigenvalue weighted by Crippen LogP contribution is 2.43. The summed E-state index contributed by atoms with van der Waals surface area (Å²) in [6.07, 6.45) is 0. The summed E-state index contributed by atoms with van der Waals surface area (Å²) >= 11 is 0. The van der Waals surface area contributed by atoms with Crippen LogP contribution >= 0.6 is 0 Å². The van der Waals surface area contributed by atoms with Crippen LogP contribution in [0.25, 0.3) is 115 Å². The molecule has 0 atom stereocenters. The summed E-state index contributed by atoms with van der Waals surface area (Å²) in [6.45, 7) is 0. The number of nitrogens with zero attached hydrogens (tertiary/aromatic N) is 2. The molecule has 12 aromatic rings. The Hall–Kier alpha value is -7.81. The number of aromatic nitrogens is 2. The first-order valence-corrected chi connectivity index (χ1v) is 20.3. The average molecular weight is 749 g/mol. The van der Waals surface area contributed by atoms with Gasteiger partial charge in [-0.25, -0.2) is 4.98 Å². The number of para-hydroxylation sites is 1. The summed E-state index contributed by atoms with van der Waals surface area (Å²) in [7, 11) is 0. The summed E-state index contributed by atoms with van der Waals surface area (Å²) < 4.78 is 2.43. The first-order chi connectivity index (χ1) is 29.2. The second kappa shape index (κ2) is 13.4. The second-order valence-corrected chi connectivity index (χ2v) is 15.5. The zero-order chi connectivity index (χ0) is 38.9. The molecule has 0 N–H and O–H groups in total. The van der Waals surface area contributed by atoms with Gasteiger partial charge < -0.3 is 4.57 Å². The molecule has 59 heavy (non-hydrogen) atoms. The van der Waals surface area contributed by atoms with Crippen LogP contribution in [-0.4, -0.2) is 9.55 Å². The second-order valence-electron chi connectivity index (χ2n) is 15.5. The Morgan fingerprint density at radius 3 is 1.69 bits per heavy atom. The molecule has 0 spiro atoms. The molecule has 0 aliphatic rings. The number of hydrogen-bond acceptors (Lipinski definition) is 1. The predicted octanol–water partition coefficient (Wildman–Crippen LogP) is 15.5. The number of hydrogen-bond donors (Lipinski definition) is 0. The van der Waals surface area contributed by atoms with Crippen LogP contribution in [0, 0.1) is 0 Å². The van der Waals surface area contributed by atoms with Crippen molar-refractivity contribution in [2.24, 2.45) is 0 Å². The summed E-state index contributed by atoms with van der Waals surface area (Å²) in [4.78, 5) is 5.43. The van der Waals surface area contributed by atoms with Crippen molar-refractivity contribution in [3.63, 3.8) is 0 Å². The van der Waals surface area contributed by atoms with Gasteiger partial charge in [-0.15, -0.1) is 0 Å². The van der Waals surface area contributed by atoms with E-state index in [9.17, 15) is 0 Å². The Morgan fingerprint density at radius 2 is 0.881 bits per heavy atom. The Morgan fingerprint density at radius 1 is 0.288 bits per heavy atom. The van der Waals surface area contributed by atoms with E-state index in [1.165, 1.54) is 81.6 Å². The van der Waals surface area contributed by atoms with Crippen molar-refractivity contribution in [3.8, 4) is 50.5 Å². The van der Waals surface area contributed by atoms with Crippen LogP contribution < -0.4 is 0 Å². The lowest BCUT2D eigenvalue weighted by molar-refractivity contribution is 1.19. The van der Waals surface area contributed by atoms with Crippen molar-refractivity contribution in [2.75, 3.05) is 0 Å². The minimum atomic E-state index is 0.958. The lowest BCUT2D eigenvalue weighted by Crippen LogP contribution is -1.94. The molecule has 0 saturated heterocycles.